The molecule has 168 valence electrons. The van der Waals surface area contributed by atoms with Crippen LogP contribution in [0.4, 0.5) is 19.0 Å². The fraction of sp³-hybridized carbons (Fsp3) is 0.182. The van der Waals surface area contributed by atoms with Crippen LogP contribution in [-0.2, 0) is 13.0 Å². The molecule has 1 aliphatic heterocycles. The molecule has 0 saturated carbocycles. The predicted octanol–water partition coefficient (Wildman–Crippen LogP) is 3.47. The zero-order valence-corrected chi connectivity index (χ0v) is 17.1. The molecule has 0 atom stereocenters. The second kappa shape index (κ2) is 7.76. The number of benzene rings is 1. The Labute approximate surface area is 185 Å². The summed E-state index contributed by atoms with van der Waals surface area (Å²) >= 11 is 0. The predicted molar refractivity (Wildman–Crippen MR) is 112 cm³/mol. The van der Waals surface area contributed by atoms with Gasteiger partial charge >= 0.3 is 6.36 Å². The number of nitrogens with two attached hydrogens (primary N) is 1. The molecule has 0 unspecified atom stereocenters. The fourth-order valence-corrected chi connectivity index (χ4v) is 3.80. The maximum atomic E-state index is 13.2. The fourth-order valence-electron chi connectivity index (χ4n) is 3.80. The summed E-state index contributed by atoms with van der Waals surface area (Å²) < 4.78 is 43.9. The number of alkyl halides is 3. The van der Waals surface area contributed by atoms with Gasteiger partial charge in [-0.05, 0) is 24.3 Å². The van der Waals surface area contributed by atoms with E-state index in [2.05, 4.69) is 19.8 Å². The number of halogens is 3. The van der Waals surface area contributed by atoms with Gasteiger partial charge < -0.3 is 15.4 Å². The summed E-state index contributed by atoms with van der Waals surface area (Å²) in [6.07, 6.45) is -1.11. The van der Waals surface area contributed by atoms with Crippen molar-refractivity contribution in [2.45, 2.75) is 19.3 Å². The number of fused-ring (bicyclic) bond motifs is 2. The molecule has 4 heterocycles. The Morgan fingerprint density at radius 1 is 1.15 bits per heavy atom. The van der Waals surface area contributed by atoms with Crippen molar-refractivity contribution in [3.8, 4) is 17.0 Å². The maximum absolute atomic E-state index is 13.2. The van der Waals surface area contributed by atoms with Crippen LogP contribution >= 0.6 is 0 Å². The highest BCUT2D eigenvalue weighted by Crippen LogP contribution is 2.29. The van der Waals surface area contributed by atoms with Gasteiger partial charge in [0, 0.05) is 36.8 Å². The van der Waals surface area contributed by atoms with Crippen molar-refractivity contribution < 1.29 is 22.7 Å². The molecule has 0 spiro atoms. The number of ether oxygens (including phenoxy) is 1. The molecule has 0 radical (unpaired) electrons. The third kappa shape index (κ3) is 4.16. The molecule has 0 saturated heterocycles. The molecule has 4 aromatic rings. The first-order chi connectivity index (χ1) is 15.8. The van der Waals surface area contributed by atoms with Gasteiger partial charge in [0.05, 0.1) is 23.1 Å². The van der Waals surface area contributed by atoms with Gasteiger partial charge in [-0.15, -0.1) is 13.2 Å². The summed E-state index contributed by atoms with van der Waals surface area (Å²) in [7, 11) is 0. The first kappa shape index (κ1) is 20.7. The highest BCUT2D eigenvalue weighted by atomic mass is 19.4. The number of para-hydroxylation sites is 1. The first-order valence-corrected chi connectivity index (χ1v) is 10.0. The summed E-state index contributed by atoms with van der Waals surface area (Å²) in [6.45, 7) is 0.310. The van der Waals surface area contributed by atoms with E-state index in [1.165, 1.54) is 27.6 Å². The number of aromatic nitrogens is 4. The van der Waals surface area contributed by atoms with Gasteiger partial charge in [0.1, 0.15) is 11.6 Å². The Hall–Kier alpha value is -4.15. The van der Waals surface area contributed by atoms with Gasteiger partial charge in [0.25, 0.3) is 5.91 Å². The van der Waals surface area contributed by atoms with Crippen molar-refractivity contribution in [1.82, 2.24) is 24.5 Å². The molecule has 5 rings (SSSR count). The number of carbonyl (C=O) groups is 1. The minimum atomic E-state index is -4.82. The SMILES string of the molecule is Nc1cn2nc(-c3cnc4c(c3)C(=O)N(Cc3ccccc3OC(F)(F)F)CC4)ccc2n1. The average Bonchev–Trinajstić information content (AvgIpc) is 3.15. The summed E-state index contributed by atoms with van der Waals surface area (Å²) in [5, 5.41) is 4.46. The molecule has 1 aromatic carbocycles. The van der Waals surface area contributed by atoms with Crippen LogP contribution in [0.3, 0.4) is 0 Å². The first-order valence-electron chi connectivity index (χ1n) is 10.0. The summed E-state index contributed by atoms with van der Waals surface area (Å²) in [5.41, 5.74) is 8.78. The Morgan fingerprint density at radius 3 is 2.79 bits per heavy atom. The van der Waals surface area contributed by atoms with Crippen molar-refractivity contribution in [3.05, 3.63) is 71.7 Å². The highest BCUT2D eigenvalue weighted by Gasteiger charge is 2.33. The number of anilines is 1. The largest absolute Gasteiger partial charge is 0.573 e. The van der Waals surface area contributed by atoms with E-state index in [-0.39, 0.29) is 23.8 Å². The molecule has 0 bridgehead atoms. The molecule has 0 fully saturated rings. The topological polar surface area (TPSA) is 98.6 Å². The maximum Gasteiger partial charge on any atom is 0.573 e. The van der Waals surface area contributed by atoms with E-state index in [0.29, 0.717) is 46.9 Å². The van der Waals surface area contributed by atoms with Gasteiger partial charge in [-0.25, -0.2) is 9.50 Å². The number of hydrogen-bond donors (Lipinski definition) is 1. The molecule has 1 amide bonds. The molecule has 8 nitrogen and oxygen atoms in total. The van der Waals surface area contributed by atoms with Crippen LogP contribution in [0.5, 0.6) is 5.75 Å². The van der Waals surface area contributed by atoms with E-state index < -0.39 is 6.36 Å². The number of hydrogen-bond acceptors (Lipinski definition) is 6. The number of pyridine rings is 1. The number of nitrogen functional groups attached to an aromatic ring is 1. The molecule has 0 aliphatic carbocycles. The standard InChI is InChI=1S/C22H17F3N6O2/c23-22(24,25)33-18-4-2-1-3-13(18)11-30-8-7-17-15(21(30)32)9-14(10-27-17)16-5-6-20-28-19(26)12-31(20)29-16/h1-6,9-10,12H,7-8,11,26H2. The summed E-state index contributed by atoms with van der Waals surface area (Å²) in [5.74, 6) is -0.309. The van der Waals surface area contributed by atoms with Crippen LogP contribution in [0.25, 0.3) is 16.9 Å². The molecule has 1 aliphatic rings. The number of rotatable bonds is 4. The highest BCUT2D eigenvalue weighted by molar-refractivity contribution is 5.97. The van der Waals surface area contributed by atoms with Crippen molar-refractivity contribution in [3.63, 3.8) is 0 Å². The van der Waals surface area contributed by atoms with Crippen LogP contribution in [0.2, 0.25) is 0 Å². The third-order valence-corrected chi connectivity index (χ3v) is 5.30. The number of amides is 1. The Balaban J connectivity index is 1.43. The minimum absolute atomic E-state index is 0.0206. The lowest BCUT2D eigenvalue weighted by atomic mass is 10.0. The molecular weight excluding hydrogens is 437 g/mol. The Bertz CT molecular complexity index is 1370. The average molecular weight is 454 g/mol. The van der Waals surface area contributed by atoms with E-state index in [1.807, 2.05) is 0 Å². The van der Waals surface area contributed by atoms with Gasteiger partial charge in [-0.3, -0.25) is 9.78 Å². The van der Waals surface area contributed by atoms with E-state index in [9.17, 15) is 18.0 Å². The number of carbonyl (C=O) groups excluding carboxylic acids is 1. The molecular formula is C22H17F3N6O2. The lowest BCUT2D eigenvalue weighted by Crippen LogP contribution is -2.37. The van der Waals surface area contributed by atoms with E-state index in [4.69, 9.17) is 5.73 Å². The lowest BCUT2D eigenvalue weighted by Gasteiger charge is -2.29. The Kier molecular flexibility index (Phi) is 4.88. The zero-order valence-electron chi connectivity index (χ0n) is 17.1. The van der Waals surface area contributed by atoms with Crippen molar-refractivity contribution in [1.29, 1.82) is 0 Å². The van der Waals surface area contributed by atoms with E-state index in [0.717, 1.165) is 0 Å². The molecule has 3 aromatic heterocycles. The molecule has 2 N–H and O–H groups in total. The van der Waals surface area contributed by atoms with Gasteiger partial charge in [-0.1, -0.05) is 18.2 Å². The monoisotopic (exact) mass is 454 g/mol. The van der Waals surface area contributed by atoms with Crippen molar-refractivity contribution in [2.24, 2.45) is 0 Å². The van der Waals surface area contributed by atoms with Crippen molar-refractivity contribution >= 4 is 17.4 Å². The lowest BCUT2D eigenvalue weighted by molar-refractivity contribution is -0.275. The van der Waals surface area contributed by atoms with Crippen LogP contribution in [0.15, 0.2) is 54.9 Å². The van der Waals surface area contributed by atoms with Crippen LogP contribution in [-0.4, -0.2) is 43.3 Å². The Morgan fingerprint density at radius 2 is 1.97 bits per heavy atom. The summed E-state index contributed by atoms with van der Waals surface area (Å²) in [4.78, 5) is 23.2. The quantitative estimate of drug-likeness (QED) is 0.507. The van der Waals surface area contributed by atoms with Crippen LogP contribution < -0.4 is 10.5 Å². The van der Waals surface area contributed by atoms with Crippen LogP contribution in [0, 0.1) is 0 Å². The second-order valence-corrected chi connectivity index (χ2v) is 7.54. The summed E-state index contributed by atoms with van der Waals surface area (Å²) in [6, 6.07) is 11.0. The molecule has 11 heteroatoms. The molecule has 33 heavy (non-hydrogen) atoms. The van der Waals surface area contributed by atoms with Gasteiger partial charge in [-0.2, -0.15) is 5.10 Å². The second-order valence-electron chi connectivity index (χ2n) is 7.54. The van der Waals surface area contributed by atoms with Crippen LogP contribution in [0.1, 0.15) is 21.6 Å². The third-order valence-electron chi connectivity index (χ3n) is 5.30. The number of nitrogens with zero attached hydrogens (tertiary/aromatic N) is 5. The number of imidazole rings is 1. The normalized spacial score (nSPS) is 13.9. The van der Waals surface area contributed by atoms with Gasteiger partial charge in [0.2, 0.25) is 0 Å². The van der Waals surface area contributed by atoms with Crippen molar-refractivity contribution in [2.75, 3.05) is 12.3 Å². The van der Waals surface area contributed by atoms with E-state index in [1.54, 1.807) is 36.7 Å². The van der Waals surface area contributed by atoms with E-state index >= 15 is 0 Å². The minimum Gasteiger partial charge on any atom is -0.405 e. The van der Waals surface area contributed by atoms with Gasteiger partial charge in [0.15, 0.2) is 5.65 Å². The zero-order chi connectivity index (χ0) is 23.2. The smallest absolute Gasteiger partial charge is 0.405 e.